The van der Waals surface area contributed by atoms with Gasteiger partial charge in [-0.15, -0.1) is 0 Å². The zero-order valence-corrected chi connectivity index (χ0v) is 11.0. The fraction of sp³-hybridized carbons (Fsp3) is 0.273. The van der Waals surface area contributed by atoms with Crippen LogP contribution in [0.2, 0.25) is 0 Å². The molecule has 0 saturated carbocycles. The Labute approximate surface area is 104 Å². The van der Waals surface area contributed by atoms with E-state index in [1.807, 2.05) is 12.1 Å². The van der Waals surface area contributed by atoms with Gasteiger partial charge in [-0.3, -0.25) is 0 Å². The second kappa shape index (κ2) is 4.31. The molecule has 0 radical (unpaired) electrons. The molecule has 0 aliphatic carbocycles. The predicted octanol–water partition coefficient (Wildman–Crippen LogP) is 2.01. The second-order valence-corrected chi connectivity index (χ2v) is 6.89. The molecule has 0 saturated heterocycles. The number of hydrogen-bond donors (Lipinski definition) is 1. The van der Waals surface area contributed by atoms with E-state index in [0.717, 1.165) is 10.0 Å². The van der Waals surface area contributed by atoms with E-state index in [1.165, 1.54) is 0 Å². The third kappa shape index (κ3) is 2.21. The summed E-state index contributed by atoms with van der Waals surface area (Å²) in [4.78, 5) is 0.452. The van der Waals surface area contributed by atoms with Crippen molar-refractivity contribution < 1.29 is 8.42 Å². The topological polar surface area (TPSA) is 46.2 Å². The summed E-state index contributed by atoms with van der Waals surface area (Å²) in [6.45, 7) is 4.28. The third-order valence-electron chi connectivity index (χ3n) is 2.56. The highest BCUT2D eigenvalue weighted by Gasteiger charge is 2.33. The molecule has 3 nitrogen and oxygen atoms in total. The van der Waals surface area contributed by atoms with Crippen LogP contribution in [0.1, 0.15) is 11.6 Å². The van der Waals surface area contributed by atoms with Crippen LogP contribution in [-0.4, -0.2) is 20.7 Å². The van der Waals surface area contributed by atoms with Gasteiger partial charge in [0.1, 0.15) is 0 Å². The van der Waals surface area contributed by atoms with E-state index in [2.05, 4.69) is 27.8 Å². The van der Waals surface area contributed by atoms with Crippen molar-refractivity contribution in [3.8, 4) is 0 Å². The van der Waals surface area contributed by atoms with E-state index < -0.39 is 9.84 Å². The fourth-order valence-corrected chi connectivity index (χ4v) is 3.79. The zero-order chi connectivity index (χ0) is 11.8. The molecular weight excluding hydrogens is 290 g/mol. The molecule has 16 heavy (non-hydrogen) atoms. The quantitative estimate of drug-likeness (QED) is 0.929. The normalized spacial score (nSPS) is 21.7. The first-order valence-corrected chi connectivity index (χ1v) is 7.33. The van der Waals surface area contributed by atoms with Crippen molar-refractivity contribution >= 4 is 25.8 Å². The van der Waals surface area contributed by atoms with Gasteiger partial charge >= 0.3 is 0 Å². The number of sulfone groups is 1. The molecular formula is C11H12BrNO2S. The Kier molecular flexibility index (Phi) is 3.19. The summed E-state index contributed by atoms with van der Waals surface area (Å²) in [7, 11) is -3.11. The number of hydrogen-bond acceptors (Lipinski definition) is 3. The van der Waals surface area contributed by atoms with E-state index in [-0.39, 0.29) is 11.8 Å². The van der Waals surface area contributed by atoms with Crippen LogP contribution in [0.5, 0.6) is 0 Å². The van der Waals surface area contributed by atoms with Crippen molar-refractivity contribution in [1.82, 2.24) is 5.32 Å². The van der Waals surface area contributed by atoms with Crippen molar-refractivity contribution in [2.45, 2.75) is 10.9 Å². The molecule has 0 bridgehead atoms. The molecule has 1 heterocycles. The van der Waals surface area contributed by atoms with Crippen LogP contribution in [0.25, 0.3) is 0 Å². The summed E-state index contributed by atoms with van der Waals surface area (Å²) in [5.41, 5.74) is 0.858. The highest BCUT2D eigenvalue weighted by molar-refractivity contribution is 9.11. The Morgan fingerprint density at radius 1 is 1.50 bits per heavy atom. The summed E-state index contributed by atoms with van der Waals surface area (Å²) in [6.07, 6.45) is 0. The van der Waals surface area contributed by atoms with Gasteiger partial charge < -0.3 is 5.32 Å². The van der Waals surface area contributed by atoms with Gasteiger partial charge in [0.2, 0.25) is 0 Å². The molecule has 5 heteroatoms. The van der Waals surface area contributed by atoms with Crippen LogP contribution < -0.4 is 5.32 Å². The lowest BCUT2D eigenvalue weighted by Gasteiger charge is -2.11. The lowest BCUT2D eigenvalue weighted by atomic mass is 10.1. The summed E-state index contributed by atoms with van der Waals surface area (Å²) in [6, 6.07) is 7.00. The van der Waals surface area contributed by atoms with Crippen LogP contribution >= 0.6 is 15.9 Å². The van der Waals surface area contributed by atoms with E-state index in [1.54, 1.807) is 12.1 Å². The van der Waals surface area contributed by atoms with Gasteiger partial charge in [0.15, 0.2) is 9.84 Å². The van der Waals surface area contributed by atoms with E-state index in [0.29, 0.717) is 11.4 Å². The maximum Gasteiger partial charge on any atom is 0.180 e. The monoisotopic (exact) mass is 301 g/mol. The maximum absolute atomic E-state index is 11.8. The second-order valence-electron chi connectivity index (χ2n) is 3.77. The average Bonchev–Trinajstić information content (AvgIpc) is 2.49. The summed E-state index contributed by atoms with van der Waals surface area (Å²) < 4.78 is 24.5. The van der Waals surface area contributed by atoms with Crippen LogP contribution in [0.15, 0.2) is 40.2 Å². The molecule has 0 aromatic heterocycles. The van der Waals surface area contributed by atoms with Gasteiger partial charge in [-0.2, -0.15) is 0 Å². The van der Waals surface area contributed by atoms with Crippen molar-refractivity contribution in [2.75, 3.05) is 12.3 Å². The van der Waals surface area contributed by atoms with Crippen LogP contribution in [0.4, 0.5) is 0 Å². The molecule has 1 aromatic rings. The van der Waals surface area contributed by atoms with Gasteiger partial charge in [0, 0.05) is 17.1 Å². The summed E-state index contributed by atoms with van der Waals surface area (Å²) >= 11 is 3.24. The molecule has 86 valence electrons. The van der Waals surface area contributed by atoms with E-state index in [4.69, 9.17) is 0 Å². The standard InChI is InChI=1S/C11H12BrNO2S/c1-8(12)6-13-10-7-16(14,15)11-5-3-2-4-9(10)11/h2-5,10,13H,1,6-7H2. The fourth-order valence-electron chi connectivity index (χ4n) is 1.85. The number of halogens is 1. The minimum atomic E-state index is -3.11. The first-order chi connectivity index (χ1) is 7.50. The summed E-state index contributed by atoms with van der Waals surface area (Å²) in [5, 5.41) is 3.17. The largest absolute Gasteiger partial charge is 0.304 e. The van der Waals surface area contributed by atoms with Crippen LogP contribution in [-0.2, 0) is 9.84 Å². The molecule has 2 rings (SSSR count). The Morgan fingerprint density at radius 3 is 2.88 bits per heavy atom. The molecule has 0 fully saturated rings. The minimum absolute atomic E-state index is 0.129. The third-order valence-corrected chi connectivity index (χ3v) is 4.65. The smallest absolute Gasteiger partial charge is 0.180 e. The van der Waals surface area contributed by atoms with E-state index >= 15 is 0 Å². The van der Waals surface area contributed by atoms with E-state index in [9.17, 15) is 8.42 Å². The minimum Gasteiger partial charge on any atom is -0.304 e. The first kappa shape index (κ1) is 11.8. The van der Waals surface area contributed by atoms with Crippen molar-refractivity contribution in [2.24, 2.45) is 0 Å². The molecule has 0 amide bonds. The molecule has 1 unspecified atom stereocenters. The SMILES string of the molecule is C=C(Br)CNC1CS(=O)(=O)c2ccccc21. The molecule has 1 aromatic carbocycles. The molecule has 0 spiro atoms. The van der Waals surface area contributed by atoms with Gasteiger partial charge in [-0.25, -0.2) is 8.42 Å². The Balaban J connectivity index is 2.30. The van der Waals surface area contributed by atoms with Gasteiger partial charge in [0.05, 0.1) is 10.6 Å². The average molecular weight is 302 g/mol. The molecule has 1 aliphatic rings. The maximum atomic E-state index is 11.8. The number of nitrogens with one attached hydrogen (secondary N) is 1. The first-order valence-electron chi connectivity index (χ1n) is 4.89. The Hall–Kier alpha value is -0.650. The van der Waals surface area contributed by atoms with Crippen molar-refractivity contribution in [3.05, 3.63) is 40.9 Å². The predicted molar refractivity (Wildman–Crippen MR) is 67.3 cm³/mol. The Morgan fingerprint density at radius 2 is 2.19 bits per heavy atom. The number of fused-ring (bicyclic) bond motifs is 1. The van der Waals surface area contributed by atoms with Gasteiger partial charge in [0.25, 0.3) is 0 Å². The highest BCUT2D eigenvalue weighted by atomic mass is 79.9. The van der Waals surface area contributed by atoms with Crippen LogP contribution in [0.3, 0.4) is 0 Å². The van der Waals surface area contributed by atoms with Crippen LogP contribution in [0, 0.1) is 0 Å². The zero-order valence-electron chi connectivity index (χ0n) is 8.61. The number of benzene rings is 1. The lowest BCUT2D eigenvalue weighted by Crippen LogP contribution is -2.23. The summed E-state index contributed by atoms with van der Waals surface area (Å²) in [5.74, 6) is 0.132. The van der Waals surface area contributed by atoms with Gasteiger partial charge in [-0.05, 0) is 11.6 Å². The Bertz CT molecular complexity index is 525. The highest BCUT2D eigenvalue weighted by Crippen LogP contribution is 2.32. The molecule has 1 atom stereocenters. The molecule has 1 aliphatic heterocycles. The lowest BCUT2D eigenvalue weighted by molar-refractivity contribution is 0.585. The number of rotatable bonds is 3. The van der Waals surface area contributed by atoms with Crippen molar-refractivity contribution in [3.63, 3.8) is 0 Å². The molecule has 1 N–H and O–H groups in total. The van der Waals surface area contributed by atoms with Gasteiger partial charge in [-0.1, -0.05) is 40.7 Å². The van der Waals surface area contributed by atoms with Crippen molar-refractivity contribution in [1.29, 1.82) is 0 Å².